The number of aryl methyl sites for hydroxylation is 2. The predicted molar refractivity (Wildman–Crippen MR) is 146 cm³/mol. The molecule has 1 aromatic heterocycles. The topological polar surface area (TPSA) is 66.5 Å². The van der Waals surface area contributed by atoms with Crippen molar-refractivity contribution in [1.82, 2.24) is 5.32 Å². The van der Waals surface area contributed by atoms with E-state index >= 15 is 0 Å². The lowest BCUT2D eigenvalue weighted by Gasteiger charge is -2.22. The molecule has 0 aliphatic carbocycles. The van der Waals surface area contributed by atoms with Crippen LogP contribution >= 0.6 is 11.3 Å². The molecule has 7 heteroatoms. The first kappa shape index (κ1) is 24.9. The van der Waals surface area contributed by atoms with Gasteiger partial charge in [-0.25, -0.2) is 8.42 Å². The number of rotatable bonds is 9. The minimum atomic E-state index is -3.49. The number of nitrogens with one attached hydrogen (secondary N) is 1. The Bertz CT molecular complexity index is 1410. The second-order valence-corrected chi connectivity index (χ2v) is 12.0. The van der Waals surface area contributed by atoms with E-state index in [1.165, 1.54) is 27.5 Å². The molecule has 0 radical (unpaired) electrons. The Hall–Kier alpha value is -3.16. The Labute approximate surface area is 211 Å². The molecule has 182 valence electrons. The van der Waals surface area contributed by atoms with Crippen molar-refractivity contribution in [1.29, 1.82) is 0 Å². The molecule has 4 rings (SSSR count). The van der Waals surface area contributed by atoms with Gasteiger partial charge in [-0.15, -0.1) is 11.3 Å². The number of anilines is 1. The molecule has 0 saturated heterocycles. The maximum absolute atomic E-state index is 12.9. The van der Waals surface area contributed by atoms with Crippen LogP contribution in [0.4, 0.5) is 5.69 Å². The van der Waals surface area contributed by atoms with Crippen LogP contribution in [0, 0.1) is 6.92 Å². The van der Waals surface area contributed by atoms with E-state index in [4.69, 9.17) is 0 Å². The number of thiophene rings is 1. The molecule has 35 heavy (non-hydrogen) atoms. The first-order valence-electron chi connectivity index (χ1n) is 11.6. The highest BCUT2D eigenvalue weighted by molar-refractivity contribution is 7.92. The molecule has 5 nitrogen and oxygen atoms in total. The van der Waals surface area contributed by atoms with Crippen LogP contribution in [0.25, 0.3) is 10.1 Å². The number of carbonyl (C=O) groups is 1. The van der Waals surface area contributed by atoms with Crippen molar-refractivity contribution in [3.05, 3.63) is 100 Å². The van der Waals surface area contributed by atoms with Gasteiger partial charge in [0.1, 0.15) is 0 Å². The van der Waals surface area contributed by atoms with Gasteiger partial charge < -0.3 is 5.32 Å². The quantitative estimate of drug-likeness (QED) is 0.306. The molecule has 0 fully saturated rings. The Balaban J connectivity index is 1.49. The third-order valence-electron chi connectivity index (χ3n) is 5.95. The molecule has 0 spiro atoms. The van der Waals surface area contributed by atoms with Gasteiger partial charge >= 0.3 is 0 Å². The van der Waals surface area contributed by atoms with Crippen LogP contribution in [0.15, 0.2) is 78.9 Å². The van der Waals surface area contributed by atoms with Gasteiger partial charge in [0.2, 0.25) is 10.0 Å². The molecule has 0 aliphatic heterocycles. The Morgan fingerprint density at radius 3 is 2.37 bits per heavy atom. The molecule has 4 aromatic rings. The smallest absolute Gasteiger partial charge is 0.261 e. The normalized spacial score (nSPS) is 12.4. The second kappa shape index (κ2) is 10.6. The molecule has 0 aliphatic rings. The molecular formula is C28H30N2O3S2. The van der Waals surface area contributed by atoms with Gasteiger partial charge in [-0.2, -0.15) is 0 Å². The van der Waals surface area contributed by atoms with E-state index in [1.54, 1.807) is 6.07 Å². The average molecular weight is 507 g/mol. The summed E-state index contributed by atoms with van der Waals surface area (Å²) in [6.07, 6.45) is 2.97. The maximum atomic E-state index is 12.9. The zero-order chi connectivity index (χ0) is 25.0. The zero-order valence-electron chi connectivity index (χ0n) is 20.2. The van der Waals surface area contributed by atoms with Gasteiger partial charge in [-0.05, 0) is 67.5 Å². The highest BCUT2D eigenvalue weighted by Gasteiger charge is 2.20. The summed E-state index contributed by atoms with van der Waals surface area (Å²) in [7, 11) is -3.49. The van der Waals surface area contributed by atoms with E-state index in [2.05, 4.69) is 17.4 Å². The van der Waals surface area contributed by atoms with Crippen molar-refractivity contribution in [3.8, 4) is 0 Å². The van der Waals surface area contributed by atoms with Crippen LogP contribution in [0.2, 0.25) is 0 Å². The molecule has 1 heterocycles. The summed E-state index contributed by atoms with van der Waals surface area (Å²) in [6.45, 7) is 4.27. The maximum Gasteiger partial charge on any atom is 0.261 e. The highest BCUT2D eigenvalue weighted by Crippen LogP contribution is 2.31. The minimum Gasteiger partial charge on any atom is -0.349 e. The van der Waals surface area contributed by atoms with Crippen LogP contribution in [0.1, 0.15) is 39.7 Å². The van der Waals surface area contributed by atoms with Gasteiger partial charge in [0, 0.05) is 10.7 Å². The monoisotopic (exact) mass is 506 g/mol. The fourth-order valence-corrected chi connectivity index (χ4v) is 5.78. The summed E-state index contributed by atoms with van der Waals surface area (Å²) < 4.78 is 27.6. The number of nitrogens with zero attached hydrogens (tertiary/aromatic N) is 1. The zero-order valence-corrected chi connectivity index (χ0v) is 21.8. The van der Waals surface area contributed by atoms with Crippen molar-refractivity contribution < 1.29 is 13.2 Å². The van der Waals surface area contributed by atoms with E-state index < -0.39 is 10.0 Å². The SMILES string of the molecule is Cc1ccc(CN(c2ccc3sc(C(=O)N[C@@H](C)CCc4ccccc4)cc3c2)S(C)(=O)=O)cc1. The predicted octanol–water partition coefficient (Wildman–Crippen LogP) is 5.93. The summed E-state index contributed by atoms with van der Waals surface area (Å²) in [4.78, 5) is 13.5. The van der Waals surface area contributed by atoms with E-state index in [9.17, 15) is 13.2 Å². The Morgan fingerprint density at radius 1 is 0.971 bits per heavy atom. The van der Waals surface area contributed by atoms with E-state index in [0.717, 1.165) is 34.1 Å². The molecule has 1 amide bonds. The second-order valence-electron chi connectivity index (χ2n) is 8.99. The van der Waals surface area contributed by atoms with Crippen LogP contribution < -0.4 is 9.62 Å². The summed E-state index contributed by atoms with van der Waals surface area (Å²) in [5, 5.41) is 3.95. The van der Waals surface area contributed by atoms with Crippen molar-refractivity contribution in [3.63, 3.8) is 0 Å². The number of hydrogen-bond acceptors (Lipinski definition) is 4. The summed E-state index contributed by atoms with van der Waals surface area (Å²) >= 11 is 1.42. The van der Waals surface area contributed by atoms with Crippen LogP contribution in [0.5, 0.6) is 0 Å². The summed E-state index contributed by atoms with van der Waals surface area (Å²) in [5.41, 5.74) is 3.88. The van der Waals surface area contributed by atoms with Gasteiger partial charge in [-0.3, -0.25) is 9.10 Å². The van der Waals surface area contributed by atoms with E-state index in [1.807, 2.05) is 74.5 Å². The number of fused-ring (bicyclic) bond motifs is 1. The molecule has 0 saturated carbocycles. The molecule has 0 bridgehead atoms. The first-order valence-corrected chi connectivity index (χ1v) is 14.3. The third-order valence-corrected chi connectivity index (χ3v) is 8.20. The number of benzene rings is 3. The largest absolute Gasteiger partial charge is 0.349 e. The third kappa shape index (κ3) is 6.50. The van der Waals surface area contributed by atoms with Crippen molar-refractivity contribution in [2.45, 2.75) is 39.3 Å². The van der Waals surface area contributed by atoms with Crippen LogP contribution in [-0.4, -0.2) is 26.6 Å². The number of sulfonamides is 1. The lowest BCUT2D eigenvalue weighted by Crippen LogP contribution is -2.32. The van der Waals surface area contributed by atoms with Gasteiger partial charge in [0.05, 0.1) is 23.4 Å². The van der Waals surface area contributed by atoms with Gasteiger partial charge in [0.25, 0.3) is 5.91 Å². The standard InChI is InChI=1S/C28H30N2O3S2/c1-20-9-12-23(13-10-20)19-30(35(3,32)33)25-15-16-26-24(17-25)18-27(34-26)28(31)29-21(2)11-14-22-7-5-4-6-8-22/h4-10,12-13,15-18,21H,11,14,19H2,1-3H3,(H,29,31)/t21-/m0/s1. The number of carbonyl (C=O) groups excluding carboxylic acids is 1. The van der Waals surface area contributed by atoms with Crippen LogP contribution in [-0.2, 0) is 23.0 Å². The Morgan fingerprint density at radius 2 is 1.69 bits per heavy atom. The number of hydrogen-bond donors (Lipinski definition) is 1. The molecule has 1 atom stereocenters. The number of amides is 1. The lowest BCUT2D eigenvalue weighted by molar-refractivity contribution is 0.0942. The first-order chi connectivity index (χ1) is 16.7. The van der Waals surface area contributed by atoms with Crippen molar-refractivity contribution in [2.24, 2.45) is 0 Å². The fourth-order valence-electron chi connectivity index (χ4n) is 3.95. The summed E-state index contributed by atoms with van der Waals surface area (Å²) in [5.74, 6) is -0.104. The minimum absolute atomic E-state index is 0.0405. The van der Waals surface area contributed by atoms with Crippen molar-refractivity contribution in [2.75, 3.05) is 10.6 Å². The summed E-state index contributed by atoms with van der Waals surface area (Å²) in [6, 6.07) is 25.5. The molecule has 1 N–H and O–H groups in total. The van der Waals surface area contributed by atoms with Crippen LogP contribution in [0.3, 0.4) is 0 Å². The highest BCUT2D eigenvalue weighted by atomic mass is 32.2. The molecule has 3 aromatic carbocycles. The van der Waals surface area contributed by atoms with E-state index in [-0.39, 0.29) is 18.5 Å². The molecular weight excluding hydrogens is 476 g/mol. The Kier molecular flexibility index (Phi) is 7.57. The van der Waals surface area contributed by atoms with E-state index in [0.29, 0.717) is 10.6 Å². The fraction of sp³-hybridized carbons (Fsp3) is 0.250. The lowest BCUT2D eigenvalue weighted by atomic mass is 10.1. The molecule has 0 unspecified atom stereocenters. The van der Waals surface area contributed by atoms with Crippen molar-refractivity contribution >= 4 is 43.0 Å². The average Bonchev–Trinajstić information content (AvgIpc) is 3.26. The van der Waals surface area contributed by atoms with Gasteiger partial charge in [-0.1, -0.05) is 60.2 Å². The van der Waals surface area contributed by atoms with Gasteiger partial charge in [0.15, 0.2) is 0 Å².